The molecule has 152 valence electrons. The predicted octanol–water partition coefficient (Wildman–Crippen LogP) is 4.25. The second-order valence-corrected chi connectivity index (χ2v) is 9.39. The van der Waals surface area contributed by atoms with Crippen molar-refractivity contribution in [2.45, 2.75) is 52.0 Å². The molecule has 0 unspecified atom stereocenters. The van der Waals surface area contributed by atoms with E-state index in [1.165, 1.54) is 17.1 Å². The lowest BCUT2D eigenvalue weighted by Crippen LogP contribution is -2.35. The van der Waals surface area contributed by atoms with Gasteiger partial charge in [-0.05, 0) is 30.5 Å². The SMILES string of the molecule is CC(C)(C)c1nc(CN2CCCN(C(=O)CCc3ccc(F)cc3)CC2)cs1. The molecule has 2 heterocycles. The Morgan fingerprint density at radius 2 is 1.89 bits per heavy atom. The van der Waals surface area contributed by atoms with Crippen molar-refractivity contribution in [2.24, 2.45) is 0 Å². The number of thiazole rings is 1. The first-order valence-electron chi connectivity index (χ1n) is 10.0. The molecule has 0 bridgehead atoms. The molecular formula is C22H30FN3OS. The highest BCUT2D eigenvalue weighted by molar-refractivity contribution is 7.09. The van der Waals surface area contributed by atoms with Crippen molar-refractivity contribution < 1.29 is 9.18 Å². The molecule has 0 radical (unpaired) electrons. The van der Waals surface area contributed by atoms with Gasteiger partial charge in [-0.15, -0.1) is 11.3 Å². The third-order valence-corrected chi connectivity index (χ3v) is 6.38. The van der Waals surface area contributed by atoms with E-state index in [1.807, 2.05) is 4.90 Å². The number of hydrogen-bond acceptors (Lipinski definition) is 4. The van der Waals surface area contributed by atoms with E-state index >= 15 is 0 Å². The zero-order chi connectivity index (χ0) is 20.1. The normalized spacial score (nSPS) is 16.2. The van der Waals surface area contributed by atoms with Crippen molar-refractivity contribution in [3.05, 3.63) is 51.7 Å². The maximum Gasteiger partial charge on any atom is 0.222 e. The molecule has 28 heavy (non-hydrogen) atoms. The highest BCUT2D eigenvalue weighted by Gasteiger charge is 2.21. The van der Waals surface area contributed by atoms with Crippen LogP contribution in [-0.4, -0.2) is 46.9 Å². The average molecular weight is 404 g/mol. The van der Waals surface area contributed by atoms with Gasteiger partial charge in [0.15, 0.2) is 0 Å². The van der Waals surface area contributed by atoms with Crippen LogP contribution in [-0.2, 0) is 23.2 Å². The first-order chi connectivity index (χ1) is 13.3. The highest BCUT2D eigenvalue weighted by atomic mass is 32.1. The summed E-state index contributed by atoms with van der Waals surface area (Å²) in [4.78, 5) is 21.8. The summed E-state index contributed by atoms with van der Waals surface area (Å²) in [6.45, 7) is 10.9. The lowest BCUT2D eigenvalue weighted by molar-refractivity contribution is -0.131. The summed E-state index contributed by atoms with van der Waals surface area (Å²) < 4.78 is 13.0. The minimum absolute atomic E-state index is 0.0927. The number of hydrogen-bond donors (Lipinski definition) is 0. The minimum Gasteiger partial charge on any atom is -0.341 e. The molecule has 1 aromatic heterocycles. The van der Waals surface area contributed by atoms with Crippen molar-refractivity contribution in [2.75, 3.05) is 26.2 Å². The first kappa shape index (κ1) is 20.9. The van der Waals surface area contributed by atoms with Crippen molar-refractivity contribution >= 4 is 17.2 Å². The van der Waals surface area contributed by atoms with Crippen LogP contribution in [0.5, 0.6) is 0 Å². The molecule has 6 heteroatoms. The Kier molecular flexibility index (Phi) is 6.83. The van der Waals surface area contributed by atoms with E-state index in [9.17, 15) is 9.18 Å². The third kappa shape index (κ3) is 5.85. The Bertz CT molecular complexity index is 782. The van der Waals surface area contributed by atoms with Gasteiger partial charge in [-0.1, -0.05) is 32.9 Å². The molecule has 0 N–H and O–H groups in total. The molecule has 1 fully saturated rings. The predicted molar refractivity (Wildman–Crippen MR) is 112 cm³/mol. The van der Waals surface area contributed by atoms with E-state index in [0.29, 0.717) is 12.8 Å². The van der Waals surface area contributed by atoms with Gasteiger partial charge in [0.1, 0.15) is 5.82 Å². The maximum absolute atomic E-state index is 13.0. The average Bonchev–Trinajstić information content (AvgIpc) is 3.00. The molecule has 0 aliphatic carbocycles. The molecule has 1 aromatic carbocycles. The Morgan fingerprint density at radius 3 is 2.57 bits per heavy atom. The van der Waals surface area contributed by atoms with Crippen molar-refractivity contribution in [3.8, 4) is 0 Å². The number of halogens is 1. The maximum atomic E-state index is 13.0. The summed E-state index contributed by atoms with van der Waals surface area (Å²) in [5, 5.41) is 3.34. The van der Waals surface area contributed by atoms with Gasteiger partial charge in [0.25, 0.3) is 0 Å². The molecule has 4 nitrogen and oxygen atoms in total. The highest BCUT2D eigenvalue weighted by Crippen LogP contribution is 2.26. The quantitative estimate of drug-likeness (QED) is 0.749. The number of benzene rings is 1. The first-order valence-corrected chi connectivity index (χ1v) is 10.9. The van der Waals surface area contributed by atoms with Gasteiger partial charge >= 0.3 is 0 Å². The van der Waals surface area contributed by atoms with Crippen LogP contribution in [0.4, 0.5) is 4.39 Å². The largest absolute Gasteiger partial charge is 0.341 e. The van der Waals surface area contributed by atoms with Gasteiger partial charge in [-0.2, -0.15) is 0 Å². The molecule has 0 atom stereocenters. The van der Waals surface area contributed by atoms with Crippen LogP contribution in [0.2, 0.25) is 0 Å². The van der Waals surface area contributed by atoms with Crippen molar-refractivity contribution in [1.29, 1.82) is 0 Å². The van der Waals surface area contributed by atoms with Gasteiger partial charge in [0.2, 0.25) is 5.91 Å². The second-order valence-electron chi connectivity index (χ2n) is 8.53. The molecular weight excluding hydrogens is 373 g/mol. The molecule has 3 rings (SSSR count). The fraction of sp³-hybridized carbons (Fsp3) is 0.545. The number of aryl methyl sites for hydroxylation is 1. The third-order valence-electron chi connectivity index (χ3n) is 5.06. The smallest absolute Gasteiger partial charge is 0.222 e. The fourth-order valence-electron chi connectivity index (χ4n) is 3.39. The molecule has 0 spiro atoms. The second kappa shape index (κ2) is 9.14. The van der Waals surface area contributed by atoms with E-state index in [1.54, 1.807) is 23.5 Å². The van der Waals surface area contributed by atoms with Crippen molar-refractivity contribution in [3.63, 3.8) is 0 Å². The minimum atomic E-state index is -0.239. The Morgan fingerprint density at radius 1 is 1.14 bits per heavy atom. The van der Waals surface area contributed by atoms with Crippen LogP contribution in [0.15, 0.2) is 29.6 Å². The summed E-state index contributed by atoms with van der Waals surface area (Å²) in [6, 6.07) is 6.42. The summed E-state index contributed by atoms with van der Waals surface area (Å²) in [6.07, 6.45) is 2.12. The van der Waals surface area contributed by atoms with Crippen LogP contribution < -0.4 is 0 Å². The Labute approximate surface area is 171 Å². The molecule has 1 amide bonds. The van der Waals surface area contributed by atoms with E-state index < -0.39 is 0 Å². The fourth-order valence-corrected chi connectivity index (χ4v) is 4.29. The van der Waals surface area contributed by atoms with E-state index in [2.05, 4.69) is 31.1 Å². The zero-order valence-corrected chi connectivity index (χ0v) is 17.9. The molecule has 1 saturated heterocycles. The van der Waals surface area contributed by atoms with Gasteiger partial charge in [0.05, 0.1) is 10.7 Å². The van der Waals surface area contributed by atoms with Gasteiger partial charge in [-0.3, -0.25) is 9.69 Å². The van der Waals surface area contributed by atoms with Gasteiger partial charge < -0.3 is 4.90 Å². The number of nitrogens with zero attached hydrogens (tertiary/aromatic N) is 3. The summed E-state index contributed by atoms with van der Waals surface area (Å²) in [5.74, 6) is -0.0488. The Balaban J connectivity index is 1.48. The van der Waals surface area contributed by atoms with E-state index in [-0.39, 0.29) is 17.1 Å². The summed E-state index contributed by atoms with van der Waals surface area (Å²) in [7, 11) is 0. The number of amides is 1. The summed E-state index contributed by atoms with van der Waals surface area (Å²) in [5.41, 5.74) is 2.23. The summed E-state index contributed by atoms with van der Waals surface area (Å²) >= 11 is 1.74. The molecule has 1 aliphatic rings. The van der Waals surface area contributed by atoms with E-state index in [4.69, 9.17) is 4.98 Å². The van der Waals surface area contributed by atoms with Crippen LogP contribution >= 0.6 is 11.3 Å². The topological polar surface area (TPSA) is 36.4 Å². The Hall–Kier alpha value is -1.79. The van der Waals surface area contributed by atoms with Crippen LogP contribution in [0.25, 0.3) is 0 Å². The van der Waals surface area contributed by atoms with Gasteiger partial charge in [-0.25, -0.2) is 9.37 Å². The number of aromatic nitrogens is 1. The van der Waals surface area contributed by atoms with Gasteiger partial charge in [0, 0.05) is 49.9 Å². The van der Waals surface area contributed by atoms with Crippen LogP contribution in [0, 0.1) is 5.82 Å². The monoisotopic (exact) mass is 403 g/mol. The molecule has 1 aliphatic heterocycles. The lowest BCUT2D eigenvalue weighted by Gasteiger charge is -2.21. The zero-order valence-electron chi connectivity index (χ0n) is 17.1. The number of carbonyl (C=O) groups is 1. The van der Waals surface area contributed by atoms with Crippen LogP contribution in [0.1, 0.15) is 49.9 Å². The lowest BCUT2D eigenvalue weighted by atomic mass is 9.98. The van der Waals surface area contributed by atoms with Crippen LogP contribution in [0.3, 0.4) is 0 Å². The van der Waals surface area contributed by atoms with Crippen molar-refractivity contribution in [1.82, 2.24) is 14.8 Å². The number of rotatable bonds is 5. The molecule has 2 aromatic rings. The molecule has 0 saturated carbocycles. The van der Waals surface area contributed by atoms with E-state index in [0.717, 1.165) is 50.4 Å². The standard InChI is InChI=1S/C22H30FN3OS/c1-22(2,3)21-24-19(16-28-21)15-25-11-4-12-26(14-13-25)20(27)10-7-17-5-8-18(23)9-6-17/h5-6,8-9,16H,4,7,10-15H2,1-3H3. The number of carbonyl (C=O) groups excluding carboxylic acids is 1.